The van der Waals surface area contributed by atoms with E-state index in [1.807, 2.05) is 26.0 Å². The normalized spacial score (nSPS) is 18.9. The predicted octanol–water partition coefficient (Wildman–Crippen LogP) is 7.36. The summed E-state index contributed by atoms with van der Waals surface area (Å²) in [5, 5.41) is 6.50. The minimum Gasteiger partial charge on any atom is -0.350 e. The summed E-state index contributed by atoms with van der Waals surface area (Å²) in [5.74, 6) is 0.497. The summed E-state index contributed by atoms with van der Waals surface area (Å²) in [6.07, 6.45) is 14.7. The molecule has 0 spiro atoms. The van der Waals surface area contributed by atoms with Crippen LogP contribution < -0.4 is 10.6 Å². The van der Waals surface area contributed by atoms with E-state index in [0.717, 1.165) is 62.5 Å². The topological polar surface area (TPSA) is 58.2 Å². The molecule has 206 valence electrons. The van der Waals surface area contributed by atoms with Crippen LogP contribution in [0.5, 0.6) is 0 Å². The van der Waals surface area contributed by atoms with E-state index in [-0.39, 0.29) is 23.4 Å². The van der Waals surface area contributed by atoms with Gasteiger partial charge in [0.05, 0.1) is 0 Å². The lowest BCUT2D eigenvalue weighted by Gasteiger charge is -2.36. The Morgan fingerprint density at radius 1 is 0.763 bits per heavy atom. The molecule has 1 unspecified atom stereocenters. The lowest BCUT2D eigenvalue weighted by atomic mass is 9.79. The summed E-state index contributed by atoms with van der Waals surface area (Å²) >= 11 is 0. The summed E-state index contributed by atoms with van der Waals surface area (Å²) in [5.41, 5.74) is 6.66. The summed E-state index contributed by atoms with van der Waals surface area (Å²) < 4.78 is 0. The molecule has 0 saturated carbocycles. The molecular weight excluding hydrogens is 468 g/mol. The van der Waals surface area contributed by atoms with Crippen LogP contribution in [-0.4, -0.2) is 23.4 Å². The van der Waals surface area contributed by atoms with Gasteiger partial charge in [0.1, 0.15) is 0 Å². The van der Waals surface area contributed by atoms with Crippen molar-refractivity contribution in [2.24, 2.45) is 5.92 Å². The molecule has 2 amide bonds. The molecule has 1 atom stereocenters. The number of nitrogens with one attached hydrogen (secondary N) is 2. The molecular formula is C34H48N2O2. The zero-order chi connectivity index (χ0) is 27.1. The van der Waals surface area contributed by atoms with E-state index in [0.29, 0.717) is 5.92 Å². The van der Waals surface area contributed by atoms with Crippen molar-refractivity contribution < 1.29 is 9.59 Å². The first-order chi connectivity index (χ1) is 18.2. The third-order valence-electron chi connectivity index (χ3n) is 8.75. The lowest BCUT2D eigenvalue weighted by Crippen LogP contribution is -2.49. The number of amides is 2. The van der Waals surface area contributed by atoms with Crippen molar-refractivity contribution in [2.75, 3.05) is 0 Å². The average molecular weight is 517 g/mol. The predicted molar refractivity (Wildman–Crippen MR) is 157 cm³/mol. The second kappa shape index (κ2) is 13.0. The van der Waals surface area contributed by atoms with Gasteiger partial charge in [0.15, 0.2) is 0 Å². The lowest BCUT2D eigenvalue weighted by molar-refractivity contribution is 0.0868. The summed E-state index contributed by atoms with van der Waals surface area (Å²) in [6, 6.07) is 12.7. The van der Waals surface area contributed by atoms with Gasteiger partial charge in [0.25, 0.3) is 11.8 Å². The maximum absolute atomic E-state index is 13.7. The van der Waals surface area contributed by atoms with Gasteiger partial charge < -0.3 is 10.6 Å². The smallest absolute Gasteiger partial charge is 0.251 e. The van der Waals surface area contributed by atoms with Gasteiger partial charge in [-0.05, 0) is 132 Å². The number of benzene rings is 2. The number of carbonyl (C=O) groups is 2. The van der Waals surface area contributed by atoms with Crippen LogP contribution in [0, 0.1) is 5.92 Å². The van der Waals surface area contributed by atoms with Crippen LogP contribution in [0.4, 0.5) is 0 Å². The highest BCUT2D eigenvalue weighted by molar-refractivity contribution is 5.96. The molecule has 2 aliphatic carbocycles. The van der Waals surface area contributed by atoms with E-state index in [1.54, 1.807) is 0 Å². The molecule has 0 aromatic heterocycles. The Labute approximate surface area is 230 Å². The molecule has 0 heterocycles. The third kappa shape index (κ3) is 7.27. The third-order valence-corrected chi connectivity index (χ3v) is 8.75. The van der Waals surface area contributed by atoms with Crippen molar-refractivity contribution in [3.63, 3.8) is 0 Å². The zero-order valence-corrected chi connectivity index (χ0v) is 24.1. The first-order valence-corrected chi connectivity index (χ1v) is 15.1. The maximum Gasteiger partial charge on any atom is 0.251 e. The molecule has 4 rings (SSSR count). The van der Waals surface area contributed by atoms with Gasteiger partial charge in [-0.25, -0.2) is 0 Å². The number of fused-ring (bicyclic) bond motifs is 2. The fourth-order valence-electron chi connectivity index (χ4n) is 6.48. The van der Waals surface area contributed by atoms with Crippen molar-refractivity contribution in [3.05, 3.63) is 69.8 Å². The van der Waals surface area contributed by atoms with Crippen LogP contribution in [0.1, 0.15) is 128 Å². The number of hydrogen-bond acceptors (Lipinski definition) is 2. The van der Waals surface area contributed by atoms with Gasteiger partial charge in [0, 0.05) is 22.7 Å². The van der Waals surface area contributed by atoms with E-state index in [4.69, 9.17) is 0 Å². The molecule has 0 radical (unpaired) electrons. The maximum atomic E-state index is 13.7. The highest BCUT2D eigenvalue weighted by atomic mass is 16.2. The van der Waals surface area contributed by atoms with E-state index >= 15 is 0 Å². The fraction of sp³-hybridized carbons (Fsp3) is 0.588. The number of rotatable bonds is 5. The Balaban J connectivity index is 1.47. The molecule has 2 N–H and O–H groups in total. The molecule has 4 heteroatoms. The Kier molecular flexibility index (Phi) is 9.68. The van der Waals surface area contributed by atoms with E-state index < -0.39 is 0 Å². The summed E-state index contributed by atoms with van der Waals surface area (Å²) in [4.78, 5) is 26.3. The van der Waals surface area contributed by atoms with Crippen molar-refractivity contribution in [1.82, 2.24) is 10.6 Å². The highest BCUT2D eigenvalue weighted by Gasteiger charge is 2.32. The van der Waals surface area contributed by atoms with E-state index in [9.17, 15) is 9.59 Å². The van der Waals surface area contributed by atoms with Crippen molar-refractivity contribution >= 4 is 11.8 Å². The number of aryl methyl sites for hydroxylation is 3. The monoisotopic (exact) mass is 516 g/mol. The van der Waals surface area contributed by atoms with Crippen LogP contribution in [0.15, 0.2) is 36.4 Å². The quantitative estimate of drug-likeness (QED) is 0.436. The van der Waals surface area contributed by atoms with Crippen LogP contribution in [0.3, 0.4) is 0 Å². The Morgan fingerprint density at radius 2 is 1.47 bits per heavy atom. The van der Waals surface area contributed by atoms with Crippen LogP contribution in [0.25, 0.3) is 0 Å². The SMILES string of the molecule is CC(C)NC(=O)c1ccc2c(c1)CCCCC(C(C)(C)NC(=O)c1cccc3c1CCCCCCC3)CC2. The van der Waals surface area contributed by atoms with Crippen LogP contribution >= 0.6 is 0 Å². The molecule has 38 heavy (non-hydrogen) atoms. The molecule has 2 aromatic carbocycles. The molecule has 2 aliphatic rings. The minimum atomic E-state index is -0.292. The number of carbonyl (C=O) groups excluding carboxylic acids is 2. The molecule has 4 nitrogen and oxygen atoms in total. The molecule has 0 bridgehead atoms. The Hall–Kier alpha value is -2.62. The largest absolute Gasteiger partial charge is 0.350 e. The van der Waals surface area contributed by atoms with Gasteiger partial charge in [-0.3, -0.25) is 9.59 Å². The van der Waals surface area contributed by atoms with E-state index in [1.165, 1.54) is 54.4 Å². The summed E-state index contributed by atoms with van der Waals surface area (Å²) in [6.45, 7) is 8.41. The standard InChI is InChI=1S/C34H48N2O2/c1-24(2)35-32(37)28-20-19-25-21-22-29(16-11-10-14-27(25)23-28)34(3,4)36-33(38)31-18-12-15-26-13-8-6-5-7-9-17-30(26)31/h12,15,18-20,23-24,29H,5-11,13-14,16-17,21-22H2,1-4H3,(H,35,37)(H,36,38). The van der Waals surface area contributed by atoms with Gasteiger partial charge >= 0.3 is 0 Å². The first-order valence-electron chi connectivity index (χ1n) is 15.1. The van der Waals surface area contributed by atoms with Crippen molar-refractivity contribution in [3.8, 4) is 0 Å². The summed E-state index contributed by atoms with van der Waals surface area (Å²) in [7, 11) is 0. The minimum absolute atomic E-state index is 0.00874. The average Bonchev–Trinajstić information content (AvgIpc) is 3.06. The molecule has 0 fully saturated rings. The zero-order valence-electron chi connectivity index (χ0n) is 24.1. The molecule has 2 aromatic rings. The van der Waals surface area contributed by atoms with Gasteiger partial charge in [0.2, 0.25) is 0 Å². The van der Waals surface area contributed by atoms with Gasteiger partial charge in [-0.1, -0.05) is 43.9 Å². The fourth-order valence-corrected chi connectivity index (χ4v) is 6.48. The van der Waals surface area contributed by atoms with E-state index in [2.05, 4.69) is 48.7 Å². The van der Waals surface area contributed by atoms with Gasteiger partial charge in [-0.2, -0.15) is 0 Å². The number of hydrogen-bond donors (Lipinski definition) is 2. The first kappa shape index (κ1) is 28.4. The Bertz CT molecular complexity index is 1120. The van der Waals surface area contributed by atoms with Crippen molar-refractivity contribution in [2.45, 2.75) is 123 Å². The Morgan fingerprint density at radius 3 is 2.26 bits per heavy atom. The van der Waals surface area contributed by atoms with Gasteiger partial charge in [-0.15, -0.1) is 0 Å². The second-order valence-electron chi connectivity index (χ2n) is 12.5. The van der Waals surface area contributed by atoms with Crippen molar-refractivity contribution in [1.29, 1.82) is 0 Å². The van der Waals surface area contributed by atoms with Crippen LogP contribution in [-0.2, 0) is 25.7 Å². The highest BCUT2D eigenvalue weighted by Crippen LogP contribution is 2.32. The second-order valence-corrected chi connectivity index (χ2v) is 12.5. The molecule has 0 saturated heterocycles. The van der Waals surface area contributed by atoms with Crippen LogP contribution in [0.2, 0.25) is 0 Å². The molecule has 0 aliphatic heterocycles.